The highest BCUT2D eigenvalue weighted by Gasteiger charge is 2.22. The smallest absolute Gasteiger partial charge is 0.272 e. The fourth-order valence-electron chi connectivity index (χ4n) is 3.91. The maximum absolute atomic E-state index is 7.35. The van der Waals surface area contributed by atoms with Gasteiger partial charge in [-0.1, -0.05) is 50.1 Å². The lowest BCUT2D eigenvalue weighted by Crippen LogP contribution is -2.17. The third-order valence-corrected chi connectivity index (χ3v) is 5.62. The van der Waals surface area contributed by atoms with E-state index in [2.05, 4.69) is 26.3 Å². The van der Waals surface area contributed by atoms with Crippen molar-refractivity contribution >= 4 is 28.5 Å². The summed E-state index contributed by atoms with van der Waals surface area (Å²) in [7, 11) is 0. The standard InChI is InChI=1S/C21H21ClN4/c1-14-6-8-15(9-7-14)12-26-13-24-18-11-19(23-2)25-20(21(18)26)16-4-3-5-17(22)10-16/h3-5,10-11,13-15H,6-9,12H2,1H3. The molecule has 5 heteroatoms. The fourth-order valence-corrected chi connectivity index (χ4v) is 4.10. The second-order valence-corrected chi connectivity index (χ2v) is 7.78. The quantitative estimate of drug-likeness (QED) is 0.524. The van der Waals surface area contributed by atoms with Crippen molar-refractivity contribution in [2.75, 3.05) is 0 Å². The molecule has 2 aromatic heterocycles. The van der Waals surface area contributed by atoms with Crippen molar-refractivity contribution in [1.82, 2.24) is 14.5 Å². The minimum Gasteiger partial charge on any atom is -0.361 e. The van der Waals surface area contributed by atoms with Crippen molar-refractivity contribution in [3.05, 3.63) is 53.1 Å². The van der Waals surface area contributed by atoms with Crippen LogP contribution in [0.2, 0.25) is 5.02 Å². The van der Waals surface area contributed by atoms with Crippen LogP contribution < -0.4 is 0 Å². The molecule has 4 nitrogen and oxygen atoms in total. The molecule has 1 saturated carbocycles. The lowest BCUT2D eigenvalue weighted by atomic mass is 9.83. The number of benzene rings is 1. The fraction of sp³-hybridized carbons (Fsp3) is 0.381. The van der Waals surface area contributed by atoms with Crippen molar-refractivity contribution in [2.45, 2.75) is 39.2 Å². The second-order valence-electron chi connectivity index (χ2n) is 7.34. The van der Waals surface area contributed by atoms with E-state index in [1.54, 1.807) is 6.07 Å². The van der Waals surface area contributed by atoms with E-state index in [1.807, 2.05) is 30.6 Å². The van der Waals surface area contributed by atoms with Gasteiger partial charge in [0.1, 0.15) is 5.52 Å². The monoisotopic (exact) mass is 364 g/mol. The van der Waals surface area contributed by atoms with Crippen LogP contribution in [0.1, 0.15) is 32.6 Å². The van der Waals surface area contributed by atoms with Crippen molar-refractivity contribution < 1.29 is 0 Å². The topological polar surface area (TPSA) is 35.1 Å². The number of halogens is 1. The van der Waals surface area contributed by atoms with Gasteiger partial charge in [0.2, 0.25) is 0 Å². The predicted molar refractivity (Wildman–Crippen MR) is 105 cm³/mol. The van der Waals surface area contributed by atoms with Crippen LogP contribution in [0.3, 0.4) is 0 Å². The number of nitrogens with zero attached hydrogens (tertiary/aromatic N) is 4. The van der Waals surface area contributed by atoms with Crippen LogP contribution in [-0.2, 0) is 6.54 Å². The summed E-state index contributed by atoms with van der Waals surface area (Å²) in [6.45, 7) is 10.7. The number of imidazole rings is 1. The third-order valence-electron chi connectivity index (χ3n) is 5.39. The summed E-state index contributed by atoms with van der Waals surface area (Å²) in [4.78, 5) is 12.7. The number of fused-ring (bicyclic) bond motifs is 1. The van der Waals surface area contributed by atoms with Crippen LogP contribution in [0.4, 0.5) is 5.82 Å². The van der Waals surface area contributed by atoms with Crippen LogP contribution in [0.25, 0.3) is 27.1 Å². The molecule has 2 heterocycles. The number of rotatable bonds is 3. The predicted octanol–water partition coefficient (Wildman–Crippen LogP) is 6.13. The highest BCUT2D eigenvalue weighted by Crippen LogP contribution is 2.34. The average molecular weight is 365 g/mol. The molecule has 26 heavy (non-hydrogen) atoms. The van der Waals surface area contributed by atoms with E-state index in [0.717, 1.165) is 34.8 Å². The Morgan fingerprint density at radius 1 is 1.23 bits per heavy atom. The maximum atomic E-state index is 7.35. The van der Waals surface area contributed by atoms with E-state index in [-0.39, 0.29) is 0 Å². The van der Waals surface area contributed by atoms with Gasteiger partial charge in [0.05, 0.1) is 11.8 Å². The minimum absolute atomic E-state index is 0.365. The van der Waals surface area contributed by atoms with Crippen LogP contribution in [-0.4, -0.2) is 14.5 Å². The van der Waals surface area contributed by atoms with Gasteiger partial charge in [0.15, 0.2) is 5.69 Å². The van der Waals surface area contributed by atoms with E-state index in [4.69, 9.17) is 18.2 Å². The Kier molecular flexibility index (Phi) is 4.65. The van der Waals surface area contributed by atoms with E-state index < -0.39 is 0 Å². The normalized spacial score (nSPS) is 20.2. The molecular weight excluding hydrogens is 344 g/mol. The molecule has 0 amide bonds. The Balaban J connectivity index is 1.79. The van der Waals surface area contributed by atoms with Gasteiger partial charge < -0.3 is 9.41 Å². The van der Waals surface area contributed by atoms with Crippen LogP contribution in [0, 0.1) is 18.4 Å². The van der Waals surface area contributed by atoms with Gasteiger partial charge in [0, 0.05) is 17.1 Å². The lowest BCUT2D eigenvalue weighted by molar-refractivity contribution is 0.266. The minimum atomic E-state index is 0.365. The first-order chi connectivity index (χ1) is 12.6. The molecule has 0 spiro atoms. The number of aromatic nitrogens is 3. The summed E-state index contributed by atoms with van der Waals surface area (Å²) < 4.78 is 2.22. The zero-order valence-corrected chi connectivity index (χ0v) is 15.6. The summed E-state index contributed by atoms with van der Waals surface area (Å²) in [5.74, 6) is 1.89. The highest BCUT2D eigenvalue weighted by atomic mass is 35.5. The molecule has 132 valence electrons. The maximum Gasteiger partial charge on any atom is 0.272 e. The Morgan fingerprint density at radius 2 is 2.04 bits per heavy atom. The van der Waals surface area contributed by atoms with Crippen molar-refractivity contribution in [2.24, 2.45) is 11.8 Å². The number of pyridine rings is 1. The first-order valence-electron chi connectivity index (χ1n) is 9.13. The molecular formula is C21H21ClN4. The molecule has 1 aromatic carbocycles. The molecule has 3 aromatic rings. The van der Waals surface area contributed by atoms with E-state index in [0.29, 0.717) is 16.8 Å². The molecule has 0 saturated heterocycles. The lowest BCUT2D eigenvalue weighted by Gasteiger charge is -2.26. The Bertz CT molecular complexity index is 977. The Morgan fingerprint density at radius 3 is 2.77 bits per heavy atom. The van der Waals surface area contributed by atoms with Gasteiger partial charge in [-0.05, 0) is 42.9 Å². The molecule has 0 radical (unpaired) electrons. The van der Waals surface area contributed by atoms with Gasteiger partial charge in [-0.15, -0.1) is 4.98 Å². The largest absolute Gasteiger partial charge is 0.361 e. The van der Waals surface area contributed by atoms with Gasteiger partial charge in [0.25, 0.3) is 5.82 Å². The van der Waals surface area contributed by atoms with E-state index in [1.165, 1.54) is 25.7 Å². The van der Waals surface area contributed by atoms with Crippen LogP contribution in [0.5, 0.6) is 0 Å². The first kappa shape index (κ1) is 17.1. The molecule has 0 aliphatic heterocycles. The summed E-state index contributed by atoms with van der Waals surface area (Å²) in [6.07, 6.45) is 7.03. The summed E-state index contributed by atoms with van der Waals surface area (Å²) >= 11 is 6.19. The summed E-state index contributed by atoms with van der Waals surface area (Å²) in [5.41, 5.74) is 3.54. The van der Waals surface area contributed by atoms with Gasteiger partial charge in [-0.25, -0.2) is 4.98 Å². The van der Waals surface area contributed by atoms with Crippen molar-refractivity contribution in [3.8, 4) is 11.3 Å². The molecule has 1 aliphatic carbocycles. The Hall–Kier alpha value is -2.38. The highest BCUT2D eigenvalue weighted by molar-refractivity contribution is 6.30. The number of hydrogen-bond acceptors (Lipinski definition) is 2. The Labute approximate surface area is 158 Å². The second kappa shape index (κ2) is 7.09. The molecule has 0 N–H and O–H groups in total. The van der Waals surface area contributed by atoms with E-state index in [9.17, 15) is 0 Å². The molecule has 0 atom stereocenters. The first-order valence-corrected chi connectivity index (χ1v) is 9.51. The van der Waals surface area contributed by atoms with Gasteiger partial charge >= 0.3 is 0 Å². The molecule has 4 rings (SSSR count). The third kappa shape index (κ3) is 3.32. The van der Waals surface area contributed by atoms with Crippen LogP contribution in [0.15, 0.2) is 36.7 Å². The molecule has 1 aliphatic rings. The summed E-state index contributed by atoms with van der Waals surface area (Å²) in [6, 6.07) is 9.42. The van der Waals surface area contributed by atoms with E-state index >= 15 is 0 Å². The number of hydrogen-bond donors (Lipinski definition) is 0. The SMILES string of the molecule is [C-]#[N+]c1cc2ncn(CC3CCC(C)CC3)c2c(-c2cccc(Cl)c2)n1. The van der Waals surface area contributed by atoms with Crippen LogP contribution >= 0.6 is 11.6 Å². The average Bonchev–Trinajstić information content (AvgIpc) is 3.05. The molecule has 1 fully saturated rings. The van der Waals surface area contributed by atoms with Crippen molar-refractivity contribution in [1.29, 1.82) is 0 Å². The van der Waals surface area contributed by atoms with Gasteiger partial charge in [-0.3, -0.25) is 0 Å². The molecule has 0 unspecified atom stereocenters. The molecule has 0 bridgehead atoms. The summed E-state index contributed by atoms with van der Waals surface area (Å²) in [5, 5.41) is 0.665. The van der Waals surface area contributed by atoms with Crippen molar-refractivity contribution in [3.63, 3.8) is 0 Å². The van der Waals surface area contributed by atoms with Gasteiger partial charge in [-0.2, -0.15) is 0 Å². The zero-order valence-electron chi connectivity index (χ0n) is 14.8. The zero-order chi connectivity index (χ0) is 18.1.